The molecule has 1 rings (SSSR count). The van der Waals surface area contributed by atoms with Gasteiger partial charge in [0, 0.05) is 13.2 Å². The molecule has 0 aromatic heterocycles. The maximum absolute atomic E-state index is 11.8. The average Bonchev–Trinajstić information content (AvgIpc) is 2.42. The lowest BCUT2D eigenvalue weighted by Crippen LogP contribution is -2.08. The lowest BCUT2D eigenvalue weighted by Gasteiger charge is -2.08. The highest BCUT2D eigenvalue weighted by Gasteiger charge is 2.23. The van der Waals surface area contributed by atoms with Gasteiger partial charge in [0.2, 0.25) is 0 Å². The van der Waals surface area contributed by atoms with Crippen LogP contribution in [-0.4, -0.2) is 19.9 Å². The third-order valence-electron chi connectivity index (χ3n) is 2.00. The van der Waals surface area contributed by atoms with E-state index in [1.165, 1.54) is 0 Å². The Morgan fingerprint density at radius 2 is 2.00 bits per heavy atom. The molecule has 0 spiro atoms. The maximum atomic E-state index is 11.8. The molecule has 0 aliphatic carbocycles. The fourth-order valence-corrected chi connectivity index (χ4v) is 1.21. The summed E-state index contributed by atoms with van der Waals surface area (Å²) in [6.45, 7) is 7.52. The Labute approximate surface area is 68.9 Å². The molecule has 1 fully saturated rings. The van der Waals surface area contributed by atoms with Crippen molar-refractivity contribution in [3.05, 3.63) is 0 Å². The smallest absolute Gasteiger partial charge is 0.0898 e. The van der Waals surface area contributed by atoms with Crippen molar-refractivity contribution >= 4 is 0 Å². The summed E-state index contributed by atoms with van der Waals surface area (Å²) in [6, 6.07) is 0. The molecule has 1 heterocycles. The summed E-state index contributed by atoms with van der Waals surface area (Å²) in [7, 11) is 0. The van der Waals surface area contributed by atoms with E-state index in [0.29, 0.717) is 18.3 Å². The molecule has 1 aliphatic heterocycles. The number of hydrogen-bond acceptors (Lipinski definition) is 1. The van der Waals surface area contributed by atoms with Crippen LogP contribution in [-0.2, 0) is 4.74 Å². The molecule has 0 saturated carbocycles. The van der Waals surface area contributed by atoms with Gasteiger partial charge in [-0.05, 0) is 18.3 Å². The topological polar surface area (TPSA) is 9.23 Å². The molecule has 11 heavy (non-hydrogen) atoms. The normalized spacial score (nSPS) is 29.5. The van der Waals surface area contributed by atoms with Crippen molar-refractivity contribution in [2.45, 2.75) is 27.2 Å². The van der Waals surface area contributed by atoms with E-state index in [-0.39, 0.29) is 6.67 Å². The van der Waals surface area contributed by atoms with Crippen LogP contribution in [0, 0.1) is 11.8 Å². The van der Waals surface area contributed by atoms with Crippen molar-refractivity contribution in [3.63, 3.8) is 0 Å². The van der Waals surface area contributed by atoms with Gasteiger partial charge in [-0.3, -0.25) is 4.39 Å². The Kier molecular flexibility index (Phi) is 6.52. The third kappa shape index (κ3) is 3.71. The third-order valence-corrected chi connectivity index (χ3v) is 2.00. The minimum absolute atomic E-state index is 0.196. The molecule has 1 nitrogen and oxygen atoms in total. The van der Waals surface area contributed by atoms with Crippen molar-refractivity contribution in [1.29, 1.82) is 0 Å². The zero-order chi connectivity index (χ0) is 8.69. The molecule has 2 atom stereocenters. The molecular weight excluding hydrogens is 143 g/mol. The molecule has 0 aromatic rings. The van der Waals surface area contributed by atoms with E-state index in [9.17, 15) is 4.39 Å². The summed E-state index contributed by atoms with van der Waals surface area (Å²) in [5.41, 5.74) is 0. The number of hydrogen-bond donors (Lipinski definition) is 0. The summed E-state index contributed by atoms with van der Waals surface area (Å²) in [6.07, 6.45) is 0.682. The van der Waals surface area contributed by atoms with Crippen LogP contribution in [0.4, 0.5) is 4.39 Å². The van der Waals surface area contributed by atoms with Crippen LogP contribution in [0.3, 0.4) is 0 Å². The number of rotatable bonds is 2. The Morgan fingerprint density at radius 1 is 1.36 bits per heavy atom. The van der Waals surface area contributed by atoms with Crippen LogP contribution in [0.1, 0.15) is 27.2 Å². The molecule has 0 N–H and O–H groups in total. The summed E-state index contributed by atoms with van der Waals surface area (Å²) in [5.74, 6) is 1.05. The maximum Gasteiger partial charge on any atom is 0.0898 e. The van der Waals surface area contributed by atoms with Gasteiger partial charge < -0.3 is 4.74 Å². The molecule has 1 saturated heterocycles. The lowest BCUT2D eigenvalue weighted by molar-refractivity contribution is 0.179. The van der Waals surface area contributed by atoms with Gasteiger partial charge in [-0.25, -0.2) is 0 Å². The number of ether oxygens (including phenoxy) is 1. The SMILES string of the molecule is CC.CC1COCC1CCF. The highest BCUT2D eigenvalue weighted by molar-refractivity contribution is 4.70. The highest BCUT2D eigenvalue weighted by Crippen LogP contribution is 2.22. The summed E-state index contributed by atoms with van der Waals surface area (Å²) in [5, 5.41) is 0. The highest BCUT2D eigenvalue weighted by atomic mass is 19.1. The molecule has 0 amide bonds. The van der Waals surface area contributed by atoms with Crippen LogP contribution in [0.15, 0.2) is 0 Å². The van der Waals surface area contributed by atoms with Gasteiger partial charge in [-0.1, -0.05) is 20.8 Å². The standard InChI is InChI=1S/C7H13FO.C2H6/c1-6-4-9-5-7(6)2-3-8;1-2/h6-7H,2-5H2,1H3;1-2H3. The first-order valence-corrected chi connectivity index (χ1v) is 4.48. The quantitative estimate of drug-likeness (QED) is 0.606. The van der Waals surface area contributed by atoms with E-state index in [4.69, 9.17) is 4.74 Å². The van der Waals surface area contributed by atoms with Gasteiger partial charge in [-0.15, -0.1) is 0 Å². The zero-order valence-electron chi connectivity index (χ0n) is 7.77. The van der Waals surface area contributed by atoms with E-state index >= 15 is 0 Å². The van der Waals surface area contributed by atoms with E-state index in [1.807, 2.05) is 13.8 Å². The molecule has 0 bridgehead atoms. The zero-order valence-corrected chi connectivity index (χ0v) is 7.77. The first-order chi connectivity index (χ1) is 5.34. The molecule has 2 unspecified atom stereocenters. The largest absolute Gasteiger partial charge is 0.381 e. The second-order valence-corrected chi connectivity index (χ2v) is 2.75. The second-order valence-electron chi connectivity index (χ2n) is 2.75. The summed E-state index contributed by atoms with van der Waals surface area (Å²) >= 11 is 0. The van der Waals surface area contributed by atoms with Crippen LogP contribution in [0.5, 0.6) is 0 Å². The van der Waals surface area contributed by atoms with E-state index in [1.54, 1.807) is 0 Å². The van der Waals surface area contributed by atoms with E-state index in [0.717, 1.165) is 13.2 Å². The van der Waals surface area contributed by atoms with Crippen LogP contribution in [0.25, 0.3) is 0 Å². The van der Waals surface area contributed by atoms with Gasteiger partial charge in [0.05, 0.1) is 6.67 Å². The Morgan fingerprint density at radius 3 is 2.36 bits per heavy atom. The van der Waals surface area contributed by atoms with E-state index in [2.05, 4.69) is 6.92 Å². The monoisotopic (exact) mass is 162 g/mol. The molecule has 0 radical (unpaired) electrons. The van der Waals surface area contributed by atoms with Gasteiger partial charge >= 0.3 is 0 Å². The molecule has 1 aliphatic rings. The molecule has 68 valence electrons. The van der Waals surface area contributed by atoms with Gasteiger partial charge in [0.1, 0.15) is 0 Å². The predicted octanol–water partition coefficient (Wildman–Crippen LogP) is 2.65. The summed E-state index contributed by atoms with van der Waals surface area (Å²) < 4.78 is 16.9. The van der Waals surface area contributed by atoms with Crippen molar-refractivity contribution in [1.82, 2.24) is 0 Å². The first-order valence-electron chi connectivity index (χ1n) is 4.48. The number of alkyl halides is 1. The van der Waals surface area contributed by atoms with Crippen molar-refractivity contribution in [2.75, 3.05) is 19.9 Å². The molecular formula is C9H19FO. The number of halogens is 1. The van der Waals surface area contributed by atoms with Gasteiger partial charge in [0.15, 0.2) is 0 Å². The van der Waals surface area contributed by atoms with Gasteiger partial charge in [0.25, 0.3) is 0 Å². The average molecular weight is 162 g/mol. The predicted molar refractivity (Wildman–Crippen MR) is 45.4 cm³/mol. The van der Waals surface area contributed by atoms with Gasteiger partial charge in [-0.2, -0.15) is 0 Å². The molecule has 0 aromatic carbocycles. The fraction of sp³-hybridized carbons (Fsp3) is 1.00. The van der Waals surface area contributed by atoms with Crippen LogP contribution < -0.4 is 0 Å². The Bertz CT molecular complexity index is 85.6. The summed E-state index contributed by atoms with van der Waals surface area (Å²) in [4.78, 5) is 0. The van der Waals surface area contributed by atoms with Crippen molar-refractivity contribution in [2.24, 2.45) is 11.8 Å². The lowest BCUT2D eigenvalue weighted by atomic mass is 9.96. The fourth-order valence-electron chi connectivity index (χ4n) is 1.21. The first kappa shape index (κ1) is 10.9. The Hall–Kier alpha value is -0.110. The van der Waals surface area contributed by atoms with Crippen molar-refractivity contribution in [3.8, 4) is 0 Å². The van der Waals surface area contributed by atoms with Crippen molar-refractivity contribution < 1.29 is 9.13 Å². The Balaban J connectivity index is 0.000000461. The molecule has 2 heteroatoms. The van der Waals surface area contributed by atoms with Crippen LogP contribution >= 0.6 is 0 Å². The minimum Gasteiger partial charge on any atom is -0.381 e. The second kappa shape index (κ2) is 6.59. The van der Waals surface area contributed by atoms with Crippen LogP contribution in [0.2, 0.25) is 0 Å². The van der Waals surface area contributed by atoms with E-state index < -0.39 is 0 Å². The minimum atomic E-state index is -0.196.